The second kappa shape index (κ2) is 3.06. The monoisotopic (exact) mass is 190 g/mol. The average Bonchev–Trinajstić information content (AvgIpc) is 2.43. The molecular formula is C10H6O4. The van der Waals surface area contributed by atoms with Gasteiger partial charge < -0.3 is 4.74 Å². The van der Waals surface area contributed by atoms with E-state index in [0.717, 1.165) is 0 Å². The van der Waals surface area contributed by atoms with Gasteiger partial charge in [-0.15, -0.1) is 0 Å². The van der Waals surface area contributed by atoms with Crippen molar-refractivity contribution in [2.24, 2.45) is 0 Å². The first-order valence-corrected chi connectivity index (χ1v) is 4.05. The summed E-state index contributed by atoms with van der Waals surface area (Å²) in [5.41, 5.74) is 0.494. The summed E-state index contributed by atoms with van der Waals surface area (Å²) < 4.78 is 4.21. The van der Waals surface area contributed by atoms with Crippen LogP contribution in [0, 0.1) is 0 Å². The predicted octanol–water partition coefficient (Wildman–Crippen LogP) is 0.423. The van der Waals surface area contributed by atoms with Crippen molar-refractivity contribution in [3.05, 3.63) is 35.9 Å². The molecule has 1 saturated heterocycles. The molecule has 14 heavy (non-hydrogen) atoms. The van der Waals surface area contributed by atoms with Crippen LogP contribution in [-0.2, 0) is 19.1 Å². The second-order valence-corrected chi connectivity index (χ2v) is 2.92. The maximum Gasteiger partial charge on any atom is 0.383 e. The van der Waals surface area contributed by atoms with E-state index in [9.17, 15) is 14.4 Å². The number of Topliss-reactive ketones (excluding diaryl/α,β-unsaturated/α-hetero) is 1. The summed E-state index contributed by atoms with van der Waals surface area (Å²) in [6, 6.07) is 8.37. The van der Waals surface area contributed by atoms with E-state index in [2.05, 4.69) is 4.74 Å². The summed E-state index contributed by atoms with van der Waals surface area (Å²) in [7, 11) is 0. The number of hydrogen-bond acceptors (Lipinski definition) is 4. The van der Waals surface area contributed by atoms with Crippen molar-refractivity contribution in [2.45, 2.75) is 5.92 Å². The van der Waals surface area contributed by atoms with Crippen LogP contribution in [0.1, 0.15) is 11.5 Å². The van der Waals surface area contributed by atoms with E-state index in [1.807, 2.05) is 0 Å². The molecule has 0 bridgehead atoms. The smallest absolute Gasteiger partial charge is 0.383 e. The highest BCUT2D eigenvalue weighted by atomic mass is 16.6. The molecule has 0 saturated carbocycles. The molecule has 1 aliphatic heterocycles. The molecule has 1 aliphatic rings. The molecule has 1 atom stereocenters. The number of carbonyl (C=O) groups excluding carboxylic acids is 3. The zero-order valence-electron chi connectivity index (χ0n) is 7.10. The van der Waals surface area contributed by atoms with Crippen LogP contribution in [0.25, 0.3) is 0 Å². The summed E-state index contributed by atoms with van der Waals surface area (Å²) >= 11 is 0. The molecule has 0 N–H and O–H groups in total. The van der Waals surface area contributed by atoms with Gasteiger partial charge in [-0.2, -0.15) is 0 Å². The zero-order chi connectivity index (χ0) is 10.1. The third-order valence-electron chi connectivity index (χ3n) is 2.03. The molecule has 1 aromatic rings. The largest absolute Gasteiger partial charge is 0.386 e. The van der Waals surface area contributed by atoms with Gasteiger partial charge in [-0.3, -0.25) is 9.59 Å². The van der Waals surface area contributed by atoms with E-state index in [-0.39, 0.29) is 0 Å². The molecule has 70 valence electrons. The third-order valence-corrected chi connectivity index (χ3v) is 2.03. The molecule has 4 heteroatoms. The van der Waals surface area contributed by atoms with Gasteiger partial charge in [0.2, 0.25) is 0 Å². The molecule has 1 heterocycles. The van der Waals surface area contributed by atoms with Crippen molar-refractivity contribution in [1.29, 1.82) is 0 Å². The van der Waals surface area contributed by atoms with Crippen LogP contribution in [0.3, 0.4) is 0 Å². The first-order valence-electron chi connectivity index (χ1n) is 4.05. The molecule has 1 fully saturated rings. The molecule has 0 aromatic heterocycles. The van der Waals surface area contributed by atoms with Crippen LogP contribution in [-0.4, -0.2) is 17.7 Å². The van der Waals surface area contributed by atoms with Gasteiger partial charge in [-0.25, -0.2) is 4.79 Å². The Hall–Kier alpha value is -1.97. The van der Waals surface area contributed by atoms with E-state index < -0.39 is 23.6 Å². The van der Waals surface area contributed by atoms with Gasteiger partial charge in [0.15, 0.2) is 5.92 Å². The van der Waals surface area contributed by atoms with Crippen molar-refractivity contribution < 1.29 is 19.1 Å². The first kappa shape index (κ1) is 8.62. The Bertz CT molecular complexity index is 407. The zero-order valence-corrected chi connectivity index (χ0v) is 7.10. The molecule has 0 aliphatic carbocycles. The number of esters is 2. The molecule has 0 amide bonds. The number of carbonyl (C=O) groups is 3. The SMILES string of the molecule is O=C1OC(=O)C(c2ccccc2)C1=O. The average molecular weight is 190 g/mol. The lowest BCUT2D eigenvalue weighted by molar-refractivity contribution is -0.154. The van der Waals surface area contributed by atoms with Gasteiger partial charge >= 0.3 is 11.9 Å². The van der Waals surface area contributed by atoms with E-state index in [4.69, 9.17) is 0 Å². The summed E-state index contributed by atoms with van der Waals surface area (Å²) in [6.45, 7) is 0. The number of ether oxygens (including phenoxy) is 1. The van der Waals surface area contributed by atoms with Crippen molar-refractivity contribution in [1.82, 2.24) is 0 Å². The van der Waals surface area contributed by atoms with Crippen LogP contribution in [0.5, 0.6) is 0 Å². The van der Waals surface area contributed by atoms with E-state index in [0.29, 0.717) is 5.56 Å². The maximum atomic E-state index is 11.2. The van der Waals surface area contributed by atoms with Gasteiger partial charge in [0, 0.05) is 0 Å². The fourth-order valence-electron chi connectivity index (χ4n) is 1.36. The minimum absolute atomic E-state index is 0.494. The van der Waals surface area contributed by atoms with E-state index >= 15 is 0 Å². The Kier molecular flexibility index (Phi) is 1.89. The van der Waals surface area contributed by atoms with Crippen LogP contribution in [0.15, 0.2) is 30.3 Å². The Morgan fingerprint density at radius 1 is 1.00 bits per heavy atom. The summed E-state index contributed by atoms with van der Waals surface area (Å²) in [6.07, 6.45) is 0. The molecule has 1 aromatic carbocycles. The summed E-state index contributed by atoms with van der Waals surface area (Å²) in [5.74, 6) is -3.71. The standard InChI is InChI=1S/C10H6O4/c11-8-7(9(12)14-10(8)13)6-4-2-1-3-5-6/h1-5,7H. The van der Waals surface area contributed by atoms with Gasteiger partial charge in [-0.05, 0) is 5.56 Å². The normalized spacial score (nSPS) is 21.1. The van der Waals surface area contributed by atoms with Crippen molar-refractivity contribution in [3.63, 3.8) is 0 Å². The van der Waals surface area contributed by atoms with Crippen LogP contribution >= 0.6 is 0 Å². The van der Waals surface area contributed by atoms with Crippen LogP contribution in [0.4, 0.5) is 0 Å². The Labute approximate surface area is 79.5 Å². The Morgan fingerprint density at radius 3 is 2.14 bits per heavy atom. The number of ketones is 1. The topological polar surface area (TPSA) is 60.4 Å². The predicted molar refractivity (Wildman–Crippen MR) is 45.3 cm³/mol. The molecule has 4 nitrogen and oxygen atoms in total. The van der Waals surface area contributed by atoms with Crippen molar-refractivity contribution in [2.75, 3.05) is 0 Å². The number of benzene rings is 1. The highest BCUT2D eigenvalue weighted by molar-refractivity contribution is 6.45. The highest BCUT2D eigenvalue weighted by Crippen LogP contribution is 2.23. The Balaban J connectivity index is 2.41. The van der Waals surface area contributed by atoms with Gasteiger partial charge in [0.1, 0.15) is 0 Å². The highest BCUT2D eigenvalue weighted by Gasteiger charge is 2.43. The summed E-state index contributed by atoms with van der Waals surface area (Å²) in [4.78, 5) is 33.1. The second-order valence-electron chi connectivity index (χ2n) is 2.92. The number of cyclic esters (lactones) is 2. The fourth-order valence-corrected chi connectivity index (χ4v) is 1.36. The lowest BCUT2D eigenvalue weighted by atomic mass is 9.97. The minimum Gasteiger partial charge on any atom is -0.386 e. The fraction of sp³-hybridized carbons (Fsp3) is 0.100. The molecule has 0 radical (unpaired) electrons. The molecule has 2 rings (SSSR count). The minimum atomic E-state index is -1.07. The van der Waals surface area contributed by atoms with E-state index in [1.54, 1.807) is 30.3 Å². The van der Waals surface area contributed by atoms with E-state index in [1.165, 1.54) is 0 Å². The van der Waals surface area contributed by atoms with Gasteiger partial charge in [0.25, 0.3) is 5.78 Å². The molecule has 0 spiro atoms. The maximum absolute atomic E-state index is 11.2. The quantitative estimate of drug-likeness (QED) is 0.366. The lowest BCUT2D eigenvalue weighted by Gasteiger charge is -2.01. The summed E-state index contributed by atoms with van der Waals surface area (Å²) in [5, 5.41) is 0. The lowest BCUT2D eigenvalue weighted by Crippen LogP contribution is -2.14. The van der Waals surface area contributed by atoms with Gasteiger partial charge in [0.05, 0.1) is 0 Å². The molecular weight excluding hydrogens is 184 g/mol. The third kappa shape index (κ3) is 1.21. The van der Waals surface area contributed by atoms with Gasteiger partial charge in [-0.1, -0.05) is 30.3 Å². The van der Waals surface area contributed by atoms with Crippen LogP contribution in [0.2, 0.25) is 0 Å². The van der Waals surface area contributed by atoms with Crippen molar-refractivity contribution in [3.8, 4) is 0 Å². The first-order chi connectivity index (χ1) is 6.70. The Morgan fingerprint density at radius 2 is 1.64 bits per heavy atom. The number of hydrogen-bond donors (Lipinski definition) is 0. The number of rotatable bonds is 1. The van der Waals surface area contributed by atoms with Crippen LogP contribution < -0.4 is 0 Å². The molecule has 1 unspecified atom stereocenters. The van der Waals surface area contributed by atoms with Crippen molar-refractivity contribution >= 4 is 17.7 Å².